The molecule has 0 atom stereocenters. The Labute approximate surface area is 27.3 Å². The Bertz CT molecular complexity index is 44.0. The molecule has 0 N–H and O–H groups in total. The van der Waals surface area contributed by atoms with Crippen molar-refractivity contribution in [3.8, 4) is 0 Å². The maximum atomic E-state index is 9.30. The van der Waals surface area contributed by atoms with E-state index in [2.05, 4.69) is 4.18 Å². The Morgan fingerprint density at radius 1 is 2.00 bits per heavy atom. The number of carbonyl (C=O) groups excluding carboxylic acids is 1. The smallest absolute Gasteiger partial charge is 0.369 e. The minimum Gasteiger partial charge on any atom is -0.369 e. The minimum atomic E-state index is -0.167. The monoisotopic (exact) mass is 76.0 g/mol. The molecule has 2 nitrogen and oxygen atoms in total. The van der Waals surface area contributed by atoms with Crippen LogP contribution in [0.15, 0.2) is 0 Å². The minimum absolute atomic E-state index is 0.167. The molecule has 1 heterocycles. The average Bonchev–Trinajstić information content (AvgIpc) is 1.75. The molecule has 1 fully saturated rings. The van der Waals surface area contributed by atoms with Crippen LogP contribution in [0.4, 0.5) is 4.79 Å². The predicted octanol–water partition coefficient (Wildman–Crippen LogP) is 0.785. The van der Waals surface area contributed by atoms with Gasteiger partial charge in [0, 0.05) is 0 Å². The van der Waals surface area contributed by atoms with Gasteiger partial charge in [0.1, 0.15) is 0 Å². The van der Waals surface area contributed by atoms with E-state index in [1.54, 1.807) is 0 Å². The van der Waals surface area contributed by atoms with Gasteiger partial charge in [-0.3, -0.25) is 0 Å². The molecule has 0 aliphatic carbocycles. The van der Waals surface area contributed by atoms with Gasteiger partial charge in [0.05, 0.1) is 0 Å². The highest BCUT2D eigenvalue weighted by molar-refractivity contribution is 8.17. The Morgan fingerprint density at radius 3 is 2.25 bits per heavy atom. The molecule has 1 rings (SSSR count). The predicted molar refractivity (Wildman–Crippen MR) is 14.1 cm³/mol. The number of rotatable bonds is 0. The summed E-state index contributed by atoms with van der Waals surface area (Å²) in [6.45, 7) is 0. The van der Waals surface area contributed by atoms with E-state index < -0.39 is 0 Å². The van der Waals surface area contributed by atoms with Crippen LogP contribution < -0.4 is 0 Å². The van der Waals surface area contributed by atoms with Crippen LogP contribution in [0.3, 0.4) is 0 Å². The van der Waals surface area contributed by atoms with Gasteiger partial charge in [-0.25, -0.2) is 4.79 Å². The van der Waals surface area contributed by atoms with Crippen molar-refractivity contribution in [2.45, 2.75) is 0 Å². The molecule has 4 heavy (non-hydrogen) atoms. The molecular weight excluding hydrogens is 76.1 g/mol. The summed E-state index contributed by atoms with van der Waals surface area (Å²) >= 11 is 0.884. The van der Waals surface area contributed by atoms with Crippen molar-refractivity contribution in [1.29, 1.82) is 0 Å². The van der Waals surface area contributed by atoms with Crippen LogP contribution in [0, 0.1) is 0 Å². The van der Waals surface area contributed by atoms with Crippen molar-refractivity contribution >= 4 is 17.3 Å². The van der Waals surface area contributed by atoms with Crippen molar-refractivity contribution < 1.29 is 8.98 Å². The summed E-state index contributed by atoms with van der Waals surface area (Å²) in [6.07, 6.45) is 0. The molecule has 22 valence electrons. The first-order chi connectivity index (χ1) is 1.89. The maximum absolute atomic E-state index is 9.30. The highest BCUT2D eigenvalue weighted by Gasteiger charge is 2.20. The quantitative estimate of drug-likeness (QED) is 0.315. The molecule has 0 aromatic heterocycles. The Hall–Kier alpha value is -0.180. The molecule has 0 unspecified atom stereocenters. The summed E-state index contributed by atoms with van der Waals surface area (Å²) in [7, 11) is 0. The van der Waals surface area contributed by atoms with Crippen LogP contribution in [-0.4, -0.2) is 5.30 Å². The third kappa shape index (κ3) is 0.154. The van der Waals surface area contributed by atoms with Crippen LogP contribution >= 0.6 is 12.0 Å². The van der Waals surface area contributed by atoms with Gasteiger partial charge in [-0.05, 0) is 0 Å². The second kappa shape index (κ2) is 0.402. The Morgan fingerprint density at radius 2 is 2.25 bits per heavy atom. The first-order valence-corrected chi connectivity index (χ1v) is 1.52. The van der Waals surface area contributed by atoms with Gasteiger partial charge in [0.2, 0.25) is 0 Å². The molecule has 0 bridgehead atoms. The fourth-order valence-electron chi connectivity index (χ4n) is 0.0170. The van der Waals surface area contributed by atoms with Gasteiger partial charge in [-0.15, -0.1) is 0 Å². The highest BCUT2D eigenvalue weighted by atomic mass is 32.2. The molecule has 0 spiro atoms. The molecule has 0 aromatic carbocycles. The molecule has 3 heteroatoms. The van der Waals surface area contributed by atoms with Gasteiger partial charge in [-0.2, -0.15) is 0 Å². The molecule has 0 aromatic rings. The zero-order chi connectivity index (χ0) is 2.99. The van der Waals surface area contributed by atoms with Gasteiger partial charge in [0.15, 0.2) is 12.0 Å². The van der Waals surface area contributed by atoms with Crippen LogP contribution in [0.5, 0.6) is 0 Å². The molecule has 0 saturated carbocycles. The van der Waals surface area contributed by atoms with Gasteiger partial charge in [0.25, 0.3) is 0 Å². The summed E-state index contributed by atoms with van der Waals surface area (Å²) in [5.74, 6) is 0. The average molecular weight is 76.1 g/mol. The summed E-state index contributed by atoms with van der Waals surface area (Å²) in [5.41, 5.74) is 0. The van der Waals surface area contributed by atoms with Gasteiger partial charge >= 0.3 is 5.30 Å². The standard InChI is InChI=1S/CO2S/c2-1-3-4-1. The highest BCUT2D eigenvalue weighted by Crippen LogP contribution is 2.23. The van der Waals surface area contributed by atoms with E-state index in [1.165, 1.54) is 0 Å². The summed E-state index contributed by atoms with van der Waals surface area (Å²) < 4.78 is 3.99. The van der Waals surface area contributed by atoms with E-state index in [-0.39, 0.29) is 5.30 Å². The molecule has 1 aliphatic heterocycles. The topological polar surface area (TPSA) is 29.6 Å². The largest absolute Gasteiger partial charge is 0.419 e. The molecule has 0 amide bonds. The molecule has 1 aliphatic rings. The van der Waals surface area contributed by atoms with E-state index in [4.69, 9.17) is 0 Å². The fraction of sp³-hybridized carbons (Fsp3) is 0. The van der Waals surface area contributed by atoms with E-state index >= 15 is 0 Å². The van der Waals surface area contributed by atoms with Crippen molar-refractivity contribution in [2.75, 3.05) is 0 Å². The lowest BCUT2D eigenvalue weighted by Crippen LogP contribution is -1.36. The molecular formula is CO2S. The zero-order valence-electron chi connectivity index (χ0n) is 1.72. The van der Waals surface area contributed by atoms with E-state index in [9.17, 15) is 4.79 Å². The summed E-state index contributed by atoms with van der Waals surface area (Å²) in [4.78, 5) is 9.30. The van der Waals surface area contributed by atoms with E-state index in [1.807, 2.05) is 0 Å². The van der Waals surface area contributed by atoms with Crippen LogP contribution in [0.25, 0.3) is 0 Å². The normalized spacial score (nSPS) is 19.5. The van der Waals surface area contributed by atoms with E-state index in [0.29, 0.717) is 0 Å². The first-order valence-electron chi connectivity index (χ1n) is 0.779. The SMILES string of the molecule is O=C1OS1. The van der Waals surface area contributed by atoms with Crippen LogP contribution in [0.2, 0.25) is 0 Å². The zero-order valence-corrected chi connectivity index (χ0v) is 2.54. The van der Waals surface area contributed by atoms with Crippen molar-refractivity contribution in [3.05, 3.63) is 0 Å². The number of hydrogen-bond donors (Lipinski definition) is 0. The van der Waals surface area contributed by atoms with E-state index in [0.717, 1.165) is 12.0 Å². The van der Waals surface area contributed by atoms with Crippen LogP contribution in [-0.2, 0) is 4.18 Å². The number of hydrogen-bond acceptors (Lipinski definition) is 3. The molecule has 1 saturated heterocycles. The third-order valence-corrected chi connectivity index (χ3v) is 0.454. The second-order valence-electron chi connectivity index (χ2n) is 0.417. The lowest BCUT2D eigenvalue weighted by Gasteiger charge is -1.25. The lowest BCUT2D eigenvalue weighted by atomic mass is 11.6. The van der Waals surface area contributed by atoms with Crippen molar-refractivity contribution in [2.24, 2.45) is 0 Å². The van der Waals surface area contributed by atoms with Crippen molar-refractivity contribution in [1.82, 2.24) is 0 Å². The summed E-state index contributed by atoms with van der Waals surface area (Å²) in [5, 5.41) is -0.167. The number of carbonyl (C=O) groups is 1. The van der Waals surface area contributed by atoms with Gasteiger partial charge in [-0.1, -0.05) is 0 Å². The molecule has 0 radical (unpaired) electrons. The Balaban J connectivity index is 2.60. The fourth-order valence-corrected chi connectivity index (χ4v) is 0.0510. The second-order valence-corrected chi connectivity index (χ2v) is 1.08. The summed E-state index contributed by atoms with van der Waals surface area (Å²) in [6, 6.07) is 0. The Kier molecular flexibility index (Phi) is 0.209. The maximum Gasteiger partial charge on any atom is 0.419 e. The first kappa shape index (κ1) is 2.08. The van der Waals surface area contributed by atoms with Crippen LogP contribution in [0.1, 0.15) is 0 Å². The van der Waals surface area contributed by atoms with Gasteiger partial charge < -0.3 is 4.18 Å². The van der Waals surface area contributed by atoms with Crippen molar-refractivity contribution in [3.63, 3.8) is 0 Å². The lowest BCUT2D eigenvalue weighted by molar-refractivity contribution is 0.249. The third-order valence-electron chi connectivity index (χ3n) is 0.151.